The first kappa shape index (κ1) is 10.6. The number of aromatic amines is 1. The Morgan fingerprint density at radius 3 is 2.44 bits per heavy atom. The second-order valence-electron chi connectivity index (χ2n) is 3.79. The van der Waals surface area contributed by atoms with Gasteiger partial charge in [-0.2, -0.15) is 0 Å². The number of aromatic nitrogens is 1. The van der Waals surface area contributed by atoms with Crippen molar-refractivity contribution in [3.05, 3.63) is 69.6 Å². The van der Waals surface area contributed by atoms with Crippen LogP contribution in [0.1, 0.15) is 22.9 Å². The zero-order chi connectivity index (χ0) is 11.5. The zero-order valence-electron chi connectivity index (χ0n) is 9.10. The third kappa shape index (κ3) is 2.04. The van der Waals surface area contributed by atoms with Gasteiger partial charge < -0.3 is 10.7 Å². The van der Waals surface area contributed by atoms with Gasteiger partial charge >= 0.3 is 0 Å². The lowest BCUT2D eigenvalue weighted by Gasteiger charge is -2.14. The molecule has 0 amide bonds. The van der Waals surface area contributed by atoms with E-state index in [0.717, 1.165) is 16.8 Å². The van der Waals surface area contributed by atoms with Crippen LogP contribution in [0.4, 0.5) is 0 Å². The topological polar surface area (TPSA) is 58.9 Å². The lowest BCUT2D eigenvalue weighted by atomic mass is 9.99. The Hall–Kier alpha value is -1.87. The summed E-state index contributed by atoms with van der Waals surface area (Å²) >= 11 is 0. The van der Waals surface area contributed by atoms with Crippen LogP contribution in [-0.2, 0) is 0 Å². The zero-order valence-corrected chi connectivity index (χ0v) is 9.10. The van der Waals surface area contributed by atoms with E-state index in [0.29, 0.717) is 0 Å². The smallest absolute Gasteiger partial charge is 0.248 e. The van der Waals surface area contributed by atoms with Crippen molar-refractivity contribution in [1.82, 2.24) is 4.98 Å². The Balaban J connectivity index is 2.42. The summed E-state index contributed by atoms with van der Waals surface area (Å²) in [6, 6.07) is 12.9. The molecule has 1 aromatic carbocycles. The van der Waals surface area contributed by atoms with E-state index in [1.54, 1.807) is 6.07 Å². The van der Waals surface area contributed by atoms with Crippen LogP contribution >= 0.6 is 0 Å². The predicted molar refractivity (Wildman–Crippen MR) is 64.3 cm³/mol. The molecule has 82 valence electrons. The number of H-pyrrole nitrogens is 1. The van der Waals surface area contributed by atoms with Crippen LogP contribution in [0.25, 0.3) is 0 Å². The highest BCUT2D eigenvalue weighted by molar-refractivity contribution is 5.32. The predicted octanol–water partition coefficient (Wildman–Crippen LogP) is 1.73. The van der Waals surface area contributed by atoms with Crippen LogP contribution in [0.15, 0.2) is 47.3 Å². The fraction of sp³-hybridized carbons (Fsp3) is 0.154. The minimum absolute atomic E-state index is 0.0958. The molecule has 3 N–H and O–H groups in total. The molecule has 3 heteroatoms. The SMILES string of the molecule is Cc1[nH]c(=O)ccc1[C@@H](N)c1ccccc1. The maximum absolute atomic E-state index is 11.1. The van der Waals surface area contributed by atoms with Gasteiger partial charge in [-0.3, -0.25) is 4.79 Å². The van der Waals surface area contributed by atoms with E-state index in [1.165, 1.54) is 6.07 Å². The number of pyridine rings is 1. The standard InChI is InChI=1S/C13H14N2O/c1-9-11(7-8-12(16)15-9)13(14)10-5-3-2-4-6-10/h2-8,13H,14H2,1H3,(H,15,16)/t13-/m0/s1. The third-order valence-electron chi connectivity index (χ3n) is 2.65. The summed E-state index contributed by atoms with van der Waals surface area (Å²) in [5.74, 6) is 0. The van der Waals surface area contributed by atoms with Crippen LogP contribution in [0.5, 0.6) is 0 Å². The van der Waals surface area contributed by atoms with Crippen LogP contribution in [0.3, 0.4) is 0 Å². The van der Waals surface area contributed by atoms with Gasteiger partial charge in [-0.15, -0.1) is 0 Å². The Kier molecular flexibility index (Phi) is 2.88. The van der Waals surface area contributed by atoms with Gasteiger partial charge in [-0.25, -0.2) is 0 Å². The quantitative estimate of drug-likeness (QED) is 0.799. The summed E-state index contributed by atoms with van der Waals surface area (Å²) < 4.78 is 0. The van der Waals surface area contributed by atoms with Crippen LogP contribution in [0, 0.1) is 6.92 Å². The fourth-order valence-corrected chi connectivity index (χ4v) is 1.77. The number of hydrogen-bond acceptors (Lipinski definition) is 2. The Bertz CT molecular complexity index is 531. The number of nitrogens with one attached hydrogen (secondary N) is 1. The molecule has 1 heterocycles. The van der Waals surface area contributed by atoms with Crippen molar-refractivity contribution in [2.24, 2.45) is 5.73 Å². The van der Waals surface area contributed by atoms with Gasteiger partial charge in [0.05, 0.1) is 6.04 Å². The number of aryl methyl sites for hydroxylation is 1. The molecule has 0 aliphatic carbocycles. The minimum atomic E-state index is -0.196. The summed E-state index contributed by atoms with van der Waals surface area (Å²) in [4.78, 5) is 13.9. The molecule has 16 heavy (non-hydrogen) atoms. The summed E-state index contributed by atoms with van der Waals surface area (Å²) in [7, 11) is 0. The normalized spacial score (nSPS) is 12.4. The maximum atomic E-state index is 11.1. The minimum Gasteiger partial charge on any atom is -0.326 e. The molecule has 1 aromatic heterocycles. The van der Waals surface area contributed by atoms with Gasteiger partial charge in [0, 0.05) is 11.8 Å². The summed E-state index contributed by atoms with van der Waals surface area (Å²) in [5, 5.41) is 0. The molecule has 0 aliphatic rings. The van der Waals surface area contributed by atoms with Crippen LogP contribution in [0.2, 0.25) is 0 Å². The first-order chi connectivity index (χ1) is 7.68. The van der Waals surface area contributed by atoms with Crippen molar-refractivity contribution in [3.8, 4) is 0 Å². The van der Waals surface area contributed by atoms with Crippen molar-refractivity contribution < 1.29 is 0 Å². The van der Waals surface area contributed by atoms with Gasteiger partial charge in [0.2, 0.25) is 5.56 Å². The van der Waals surface area contributed by atoms with Crippen molar-refractivity contribution in [2.75, 3.05) is 0 Å². The van der Waals surface area contributed by atoms with Gasteiger partial charge in [0.1, 0.15) is 0 Å². The highest BCUT2D eigenvalue weighted by Gasteiger charge is 2.10. The fourth-order valence-electron chi connectivity index (χ4n) is 1.77. The molecule has 0 saturated heterocycles. The van der Waals surface area contributed by atoms with Crippen LogP contribution < -0.4 is 11.3 Å². The average molecular weight is 214 g/mol. The monoisotopic (exact) mass is 214 g/mol. The van der Waals surface area contributed by atoms with Gasteiger partial charge in [0.25, 0.3) is 0 Å². The van der Waals surface area contributed by atoms with Gasteiger partial charge in [0.15, 0.2) is 0 Å². The summed E-state index contributed by atoms with van der Waals surface area (Å²) in [5.41, 5.74) is 8.86. The number of benzene rings is 1. The Labute approximate surface area is 93.9 Å². The molecule has 0 fully saturated rings. The number of hydrogen-bond donors (Lipinski definition) is 2. The molecule has 1 atom stereocenters. The molecular weight excluding hydrogens is 200 g/mol. The van der Waals surface area contributed by atoms with E-state index in [4.69, 9.17) is 5.73 Å². The highest BCUT2D eigenvalue weighted by Crippen LogP contribution is 2.19. The second-order valence-corrected chi connectivity index (χ2v) is 3.79. The van der Waals surface area contributed by atoms with Crippen molar-refractivity contribution in [1.29, 1.82) is 0 Å². The molecule has 2 aromatic rings. The first-order valence-electron chi connectivity index (χ1n) is 5.19. The van der Waals surface area contributed by atoms with E-state index in [-0.39, 0.29) is 11.6 Å². The molecule has 0 radical (unpaired) electrons. The summed E-state index contributed by atoms with van der Waals surface area (Å²) in [6.45, 7) is 1.86. The molecule has 0 spiro atoms. The molecule has 0 unspecified atom stereocenters. The Morgan fingerprint density at radius 1 is 1.12 bits per heavy atom. The largest absolute Gasteiger partial charge is 0.326 e. The molecule has 0 bridgehead atoms. The Morgan fingerprint density at radius 2 is 1.81 bits per heavy atom. The molecule has 0 saturated carbocycles. The van der Waals surface area contributed by atoms with E-state index in [2.05, 4.69) is 4.98 Å². The van der Waals surface area contributed by atoms with E-state index < -0.39 is 0 Å². The van der Waals surface area contributed by atoms with Crippen molar-refractivity contribution in [3.63, 3.8) is 0 Å². The average Bonchev–Trinajstić information content (AvgIpc) is 2.29. The third-order valence-corrected chi connectivity index (χ3v) is 2.65. The first-order valence-corrected chi connectivity index (χ1v) is 5.19. The highest BCUT2D eigenvalue weighted by atomic mass is 16.1. The number of nitrogens with two attached hydrogens (primary N) is 1. The molecule has 3 nitrogen and oxygen atoms in total. The van der Waals surface area contributed by atoms with Gasteiger partial charge in [-0.1, -0.05) is 30.3 Å². The molecule has 2 rings (SSSR count). The van der Waals surface area contributed by atoms with Crippen molar-refractivity contribution >= 4 is 0 Å². The van der Waals surface area contributed by atoms with E-state index >= 15 is 0 Å². The van der Waals surface area contributed by atoms with E-state index in [9.17, 15) is 4.79 Å². The maximum Gasteiger partial charge on any atom is 0.248 e. The summed E-state index contributed by atoms with van der Waals surface area (Å²) in [6.07, 6.45) is 0. The van der Waals surface area contributed by atoms with Crippen LogP contribution in [-0.4, -0.2) is 4.98 Å². The lowest BCUT2D eigenvalue weighted by molar-refractivity contribution is 0.844. The molecule has 0 aliphatic heterocycles. The second kappa shape index (κ2) is 4.33. The molecular formula is C13H14N2O. The van der Waals surface area contributed by atoms with Crippen molar-refractivity contribution in [2.45, 2.75) is 13.0 Å². The lowest BCUT2D eigenvalue weighted by Crippen LogP contribution is -2.17. The number of rotatable bonds is 2. The van der Waals surface area contributed by atoms with Gasteiger partial charge in [-0.05, 0) is 24.1 Å². The van der Waals surface area contributed by atoms with E-state index in [1.807, 2.05) is 37.3 Å².